The van der Waals surface area contributed by atoms with E-state index < -0.39 is 5.97 Å². The molecule has 0 unspecified atom stereocenters. The standard InChI is InChI=1S/C7H11NO3/c1-4-5(3-7(10)11)2-6(9)8-4/h4-5H,2-3H2,1H3,(H,8,9)(H,10,11)/t4-,5-/m1/s1. The Morgan fingerprint density at radius 3 is 2.82 bits per heavy atom. The van der Waals surface area contributed by atoms with E-state index in [1.165, 1.54) is 0 Å². The normalized spacial score (nSPS) is 30.1. The van der Waals surface area contributed by atoms with E-state index in [1.807, 2.05) is 6.92 Å². The minimum atomic E-state index is -0.835. The number of nitrogens with one attached hydrogen (secondary N) is 1. The molecule has 0 aromatic rings. The van der Waals surface area contributed by atoms with E-state index in [0.29, 0.717) is 6.42 Å². The van der Waals surface area contributed by atoms with Gasteiger partial charge in [-0.25, -0.2) is 0 Å². The second-order valence-electron chi connectivity index (χ2n) is 2.92. The summed E-state index contributed by atoms with van der Waals surface area (Å²) in [5.41, 5.74) is 0. The van der Waals surface area contributed by atoms with Crippen LogP contribution >= 0.6 is 0 Å². The maximum absolute atomic E-state index is 10.7. The SMILES string of the molecule is C[C@H]1NC(=O)C[C@@H]1CC(=O)O. The van der Waals surface area contributed by atoms with Crippen molar-refractivity contribution in [3.63, 3.8) is 0 Å². The molecule has 4 heteroatoms. The highest BCUT2D eigenvalue weighted by molar-refractivity contribution is 5.80. The predicted octanol–water partition coefficient (Wildman–Crippen LogP) is -0.0143. The topological polar surface area (TPSA) is 66.4 Å². The third-order valence-corrected chi connectivity index (χ3v) is 1.98. The van der Waals surface area contributed by atoms with Crippen LogP contribution in [0.1, 0.15) is 19.8 Å². The van der Waals surface area contributed by atoms with E-state index in [9.17, 15) is 9.59 Å². The van der Waals surface area contributed by atoms with Crippen LogP contribution in [0.5, 0.6) is 0 Å². The predicted molar refractivity (Wildman–Crippen MR) is 38.0 cm³/mol. The molecule has 1 rings (SSSR count). The van der Waals surface area contributed by atoms with Gasteiger partial charge in [-0.15, -0.1) is 0 Å². The van der Waals surface area contributed by atoms with Crippen molar-refractivity contribution in [3.05, 3.63) is 0 Å². The highest BCUT2D eigenvalue weighted by atomic mass is 16.4. The Balaban J connectivity index is 2.46. The number of hydrogen-bond donors (Lipinski definition) is 2. The van der Waals surface area contributed by atoms with Crippen LogP contribution in [0.4, 0.5) is 0 Å². The Morgan fingerprint density at radius 2 is 2.45 bits per heavy atom. The minimum absolute atomic E-state index is 0.0126. The number of carboxylic acids is 1. The Bertz CT molecular complexity index is 190. The summed E-state index contributed by atoms with van der Waals surface area (Å²) < 4.78 is 0. The van der Waals surface area contributed by atoms with E-state index in [2.05, 4.69) is 5.32 Å². The zero-order chi connectivity index (χ0) is 8.43. The van der Waals surface area contributed by atoms with Gasteiger partial charge in [-0.1, -0.05) is 0 Å². The Labute approximate surface area is 64.6 Å². The highest BCUT2D eigenvalue weighted by Gasteiger charge is 2.30. The molecule has 1 aliphatic rings. The van der Waals surface area contributed by atoms with Crippen molar-refractivity contribution in [2.24, 2.45) is 5.92 Å². The summed E-state index contributed by atoms with van der Waals surface area (Å²) >= 11 is 0. The van der Waals surface area contributed by atoms with Crippen molar-refractivity contribution >= 4 is 11.9 Å². The van der Waals surface area contributed by atoms with E-state index >= 15 is 0 Å². The third-order valence-electron chi connectivity index (χ3n) is 1.98. The summed E-state index contributed by atoms with van der Waals surface area (Å²) in [7, 11) is 0. The summed E-state index contributed by atoms with van der Waals surface area (Å²) in [5, 5.41) is 11.1. The zero-order valence-corrected chi connectivity index (χ0v) is 6.33. The largest absolute Gasteiger partial charge is 0.481 e. The van der Waals surface area contributed by atoms with Gasteiger partial charge in [0, 0.05) is 12.5 Å². The van der Waals surface area contributed by atoms with Gasteiger partial charge in [-0.2, -0.15) is 0 Å². The lowest BCUT2D eigenvalue weighted by Crippen LogP contribution is -2.26. The highest BCUT2D eigenvalue weighted by Crippen LogP contribution is 2.19. The van der Waals surface area contributed by atoms with Crippen LogP contribution < -0.4 is 5.32 Å². The first kappa shape index (κ1) is 8.04. The molecule has 0 aromatic carbocycles. The second kappa shape index (κ2) is 2.90. The fraction of sp³-hybridized carbons (Fsp3) is 0.714. The molecule has 2 N–H and O–H groups in total. The molecule has 11 heavy (non-hydrogen) atoms. The van der Waals surface area contributed by atoms with Gasteiger partial charge >= 0.3 is 5.97 Å². The molecule has 1 fully saturated rings. The zero-order valence-electron chi connectivity index (χ0n) is 6.33. The van der Waals surface area contributed by atoms with Gasteiger partial charge in [0.2, 0.25) is 5.91 Å². The first-order valence-corrected chi connectivity index (χ1v) is 3.60. The number of rotatable bonds is 2. The fourth-order valence-electron chi connectivity index (χ4n) is 1.32. The average Bonchev–Trinajstić information content (AvgIpc) is 2.09. The molecule has 2 atom stereocenters. The van der Waals surface area contributed by atoms with Gasteiger partial charge in [0.25, 0.3) is 0 Å². The molecular formula is C7H11NO3. The van der Waals surface area contributed by atoms with Crippen LogP contribution in [-0.4, -0.2) is 23.0 Å². The molecule has 1 saturated heterocycles. The van der Waals surface area contributed by atoms with Crippen molar-refractivity contribution < 1.29 is 14.7 Å². The van der Waals surface area contributed by atoms with Crippen LogP contribution in [0, 0.1) is 5.92 Å². The number of hydrogen-bond acceptors (Lipinski definition) is 2. The van der Waals surface area contributed by atoms with Crippen molar-refractivity contribution in [2.75, 3.05) is 0 Å². The maximum atomic E-state index is 10.7. The summed E-state index contributed by atoms with van der Waals surface area (Å²) in [6.45, 7) is 1.83. The fourth-order valence-corrected chi connectivity index (χ4v) is 1.32. The molecular weight excluding hydrogens is 146 g/mol. The van der Waals surface area contributed by atoms with Crippen LogP contribution in [-0.2, 0) is 9.59 Å². The smallest absolute Gasteiger partial charge is 0.303 e. The quantitative estimate of drug-likeness (QED) is 0.592. The average molecular weight is 157 g/mol. The van der Waals surface area contributed by atoms with Gasteiger partial charge in [0.1, 0.15) is 0 Å². The molecule has 1 heterocycles. The number of carbonyl (C=O) groups is 2. The van der Waals surface area contributed by atoms with Crippen molar-refractivity contribution in [1.82, 2.24) is 5.32 Å². The lowest BCUT2D eigenvalue weighted by atomic mass is 9.98. The van der Waals surface area contributed by atoms with Crippen LogP contribution in [0.2, 0.25) is 0 Å². The van der Waals surface area contributed by atoms with Gasteiger partial charge in [0.05, 0.1) is 6.42 Å². The van der Waals surface area contributed by atoms with E-state index in [-0.39, 0.29) is 24.3 Å². The first-order valence-electron chi connectivity index (χ1n) is 3.60. The molecule has 0 radical (unpaired) electrons. The number of amides is 1. The Kier molecular flexibility index (Phi) is 2.12. The monoisotopic (exact) mass is 157 g/mol. The van der Waals surface area contributed by atoms with E-state index in [4.69, 9.17) is 5.11 Å². The summed E-state index contributed by atoms with van der Waals surface area (Å²) in [6.07, 6.45) is 0.438. The number of carbonyl (C=O) groups excluding carboxylic acids is 1. The molecule has 0 spiro atoms. The maximum Gasteiger partial charge on any atom is 0.303 e. The number of carboxylic acid groups (broad SMARTS) is 1. The van der Waals surface area contributed by atoms with Crippen LogP contribution in [0.25, 0.3) is 0 Å². The molecule has 0 aliphatic carbocycles. The summed E-state index contributed by atoms with van der Waals surface area (Å²) in [6, 6.07) is 0.0126. The van der Waals surface area contributed by atoms with Crippen LogP contribution in [0.3, 0.4) is 0 Å². The van der Waals surface area contributed by atoms with Gasteiger partial charge in [-0.05, 0) is 12.8 Å². The summed E-state index contributed by atoms with van der Waals surface area (Å²) in [4.78, 5) is 21.0. The van der Waals surface area contributed by atoms with Crippen molar-refractivity contribution in [3.8, 4) is 0 Å². The van der Waals surface area contributed by atoms with E-state index in [1.54, 1.807) is 0 Å². The molecule has 0 saturated carbocycles. The second-order valence-corrected chi connectivity index (χ2v) is 2.92. The van der Waals surface area contributed by atoms with Gasteiger partial charge < -0.3 is 10.4 Å². The molecule has 1 amide bonds. The van der Waals surface area contributed by atoms with Gasteiger partial charge in [-0.3, -0.25) is 9.59 Å². The lowest BCUT2D eigenvalue weighted by molar-refractivity contribution is -0.138. The third kappa shape index (κ3) is 1.93. The molecule has 62 valence electrons. The van der Waals surface area contributed by atoms with E-state index in [0.717, 1.165) is 0 Å². The Hall–Kier alpha value is -1.06. The van der Waals surface area contributed by atoms with Gasteiger partial charge in [0.15, 0.2) is 0 Å². The number of aliphatic carboxylic acids is 1. The molecule has 0 bridgehead atoms. The summed E-state index contributed by atoms with van der Waals surface area (Å²) in [5.74, 6) is -0.901. The van der Waals surface area contributed by atoms with Crippen LogP contribution in [0.15, 0.2) is 0 Å². The molecule has 1 aliphatic heterocycles. The minimum Gasteiger partial charge on any atom is -0.481 e. The first-order chi connectivity index (χ1) is 5.09. The van der Waals surface area contributed by atoms with Crippen molar-refractivity contribution in [1.29, 1.82) is 0 Å². The Morgan fingerprint density at radius 1 is 1.82 bits per heavy atom. The molecule has 4 nitrogen and oxygen atoms in total. The molecule has 0 aromatic heterocycles. The van der Waals surface area contributed by atoms with Crippen molar-refractivity contribution in [2.45, 2.75) is 25.8 Å². The lowest BCUT2D eigenvalue weighted by Gasteiger charge is -2.09.